The lowest BCUT2D eigenvalue weighted by Gasteiger charge is -2.40. The van der Waals surface area contributed by atoms with Crippen LogP contribution < -0.4 is 10.2 Å². The molecule has 1 aromatic rings. The SMILES string of the molecule is CNC1CN(c2cc(C3CCCO3)ncn2)C1. The molecule has 1 N–H and O–H groups in total. The molecule has 0 spiro atoms. The van der Waals surface area contributed by atoms with Crippen LogP contribution in [0.5, 0.6) is 0 Å². The fourth-order valence-electron chi connectivity index (χ4n) is 2.37. The molecule has 2 fully saturated rings. The van der Waals surface area contributed by atoms with Crippen molar-refractivity contribution in [1.29, 1.82) is 0 Å². The Morgan fingerprint density at radius 2 is 2.29 bits per heavy atom. The van der Waals surface area contributed by atoms with Gasteiger partial charge in [-0.2, -0.15) is 0 Å². The summed E-state index contributed by atoms with van der Waals surface area (Å²) in [6.07, 6.45) is 4.04. The van der Waals surface area contributed by atoms with Gasteiger partial charge in [-0.05, 0) is 19.9 Å². The standard InChI is InChI=1S/C12H18N4O/c1-13-9-6-16(7-9)12-5-10(14-8-15-12)11-3-2-4-17-11/h5,8-9,11,13H,2-4,6-7H2,1H3. The van der Waals surface area contributed by atoms with Gasteiger partial charge in [-0.15, -0.1) is 0 Å². The van der Waals surface area contributed by atoms with Crippen LogP contribution in [0.3, 0.4) is 0 Å². The lowest BCUT2D eigenvalue weighted by Crippen LogP contribution is -2.57. The first-order valence-electron chi connectivity index (χ1n) is 6.22. The smallest absolute Gasteiger partial charge is 0.132 e. The molecule has 0 bridgehead atoms. The summed E-state index contributed by atoms with van der Waals surface area (Å²) in [6, 6.07) is 2.66. The van der Waals surface area contributed by atoms with Gasteiger partial charge < -0.3 is 15.0 Å². The minimum atomic E-state index is 0.179. The average molecular weight is 234 g/mol. The third-order valence-electron chi connectivity index (χ3n) is 3.55. The molecule has 0 saturated carbocycles. The molecule has 2 aliphatic rings. The van der Waals surface area contributed by atoms with E-state index >= 15 is 0 Å². The van der Waals surface area contributed by atoms with Crippen LogP contribution in [0.15, 0.2) is 12.4 Å². The van der Waals surface area contributed by atoms with Crippen LogP contribution in [-0.2, 0) is 4.74 Å². The Hall–Kier alpha value is -1.20. The van der Waals surface area contributed by atoms with Gasteiger partial charge in [0.2, 0.25) is 0 Å². The van der Waals surface area contributed by atoms with Gasteiger partial charge >= 0.3 is 0 Å². The molecule has 0 amide bonds. The second kappa shape index (κ2) is 4.58. The average Bonchev–Trinajstić information content (AvgIpc) is 2.81. The molecule has 0 aromatic carbocycles. The fraction of sp³-hybridized carbons (Fsp3) is 0.667. The molecule has 1 aromatic heterocycles. The van der Waals surface area contributed by atoms with Gasteiger partial charge in [0, 0.05) is 31.8 Å². The van der Waals surface area contributed by atoms with Crippen molar-refractivity contribution in [3.8, 4) is 0 Å². The molecule has 1 unspecified atom stereocenters. The molecule has 2 saturated heterocycles. The van der Waals surface area contributed by atoms with E-state index in [0.29, 0.717) is 6.04 Å². The summed E-state index contributed by atoms with van der Waals surface area (Å²) in [7, 11) is 2.00. The summed E-state index contributed by atoms with van der Waals surface area (Å²) >= 11 is 0. The van der Waals surface area contributed by atoms with Gasteiger partial charge in [0.05, 0.1) is 11.8 Å². The predicted octanol–water partition coefficient (Wildman–Crippen LogP) is 0.736. The third kappa shape index (κ3) is 2.12. The molecule has 2 aliphatic heterocycles. The van der Waals surface area contributed by atoms with Crippen molar-refractivity contribution in [3.05, 3.63) is 18.1 Å². The molecule has 3 heterocycles. The van der Waals surface area contributed by atoms with E-state index in [4.69, 9.17) is 4.74 Å². The van der Waals surface area contributed by atoms with Crippen LogP contribution in [0.4, 0.5) is 5.82 Å². The second-order valence-corrected chi connectivity index (χ2v) is 4.69. The van der Waals surface area contributed by atoms with Crippen LogP contribution in [-0.4, -0.2) is 42.8 Å². The summed E-state index contributed by atoms with van der Waals surface area (Å²) < 4.78 is 5.65. The molecule has 0 aliphatic carbocycles. The van der Waals surface area contributed by atoms with Gasteiger partial charge in [-0.1, -0.05) is 0 Å². The summed E-state index contributed by atoms with van der Waals surface area (Å²) in [5.74, 6) is 1.03. The van der Waals surface area contributed by atoms with E-state index < -0.39 is 0 Å². The number of hydrogen-bond acceptors (Lipinski definition) is 5. The molecule has 5 nitrogen and oxygen atoms in total. The Morgan fingerprint density at radius 3 is 3.00 bits per heavy atom. The minimum Gasteiger partial charge on any atom is -0.372 e. The van der Waals surface area contributed by atoms with E-state index in [1.54, 1.807) is 6.33 Å². The number of likely N-dealkylation sites (N-methyl/N-ethyl adjacent to an activating group) is 1. The van der Waals surface area contributed by atoms with Crippen molar-refractivity contribution in [3.63, 3.8) is 0 Å². The first-order valence-corrected chi connectivity index (χ1v) is 6.22. The van der Waals surface area contributed by atoms with Crippen molar-refractivity contribution >= 4 is 5.82 Å². The van der Waals surface area contributed by atoms with Crippen LogP contribution in [0.2, 0.25) is 0 Å². The highest BCUT2D eigenvalue weighted by Crippen LogP contribution is 2.29. The molecule has 17 heavy (non-hydrogen) atoms. The van der Waals surface area contributed by atoms with Crippen molar-refractivity contribution in [2.45, 2.75) is 25.0 Å². The van der Waals surface area contributed by atoms with Crippen LogP contribution in [0.25, 0.3) is 0 Å². The zero-order valence-electron chi connectivity index (χ0n) is 10.1. The highest BCUT2D eigenvalue weighted by molar-refractivity contribution is 5.43. The zero-order valence-corrected chi connectivity index (χ0v) is 10.1. The molecule has 1 atom stereocenters. The Bertz CT molecular complexity index is 386. The lowest BCUT2D eigenvalue weighted by atomic mass is 10.1. The van der Waals surface area contributed by atoms with Crippen molar-refractivity contribution in [2.75, 3.05) is 31.6 Å². The number of ether oxygens (including phenoxy) is 1. The molecular weight excluding hydrogens is 216 g/mol. The monoisotopic (exact) mass is 234 g/mol. The summed E-state index contributed by atoms with van der Waals surface area (Å²) in [6.45, 7) is 2.91. The van der Waals surface area contributed by atoms with Gasteiger partial charge in [0.25, 0.3) is 0 Å². The fourth-order valence-corrected chi connectivity index (χ4v) is 2.37. The first-order chi connectivity index (χ1) is 8.36. The van der Waals surface area contributed by atoms with Crippen molar-refractivity contribution in [2.24, 2.45) is 0 Å². The Labute approximate surface area is 101 Å². The van der Waals surface area contributed by atoms with E-state index in [9.17, 15) is 0 Å². The lowest BCUT2D eigenvalue weighted by molar-refractivity contribution is 0.108. The highest BCUT2D eigenvalue weighted by Gasteiger charge is 2.27. The molecule has 5 heteroatoms. The first kappa shape index (κ1) is 10.9. The van der Waals surface area contributed by atoms with Crippen molar-refractivity contribution in [1.82, 2.24) is 15.3 Å². The third-order valence-corrected chi connectivity index (χ3v) is 3.55. The highest BCUT2D eigenvalue weighted by atomic mass is 16.5. The van der Waals surface area contributed by atoms with Crippen LogP contribution in [0, 0.1) is 0 Å². The topological polar surface area (TPSA) is 50.3 Å². The number of aromatic nitrogens is 2. The van der Waals surface area contributed by atoms with Gasteiger partial charge in [0.15, 0.2) is 0 Å². The molecule has 92 valence electrons. The number of rotatable bonds is 3. The Balaban J connectivity index is 1.71. The largest absolute Gasteiger partial charge is 0.372 e. The molecule has 0 radical (unpaired) electrons. The Morgan fingerprint density at radius 1 is 1.41 bits per heavy atom. The van der Waals surface area contributed by atoms with E-state index in [0.717, 1.165) is 44.0 Å². The predicted molar refractivity (Wildman–Crippen MR) is 65.0 cm³/mol. The maximum atomic E-state index is 5.65. The summed E-state index contributed by atoms with van der Waals surface area (Å²) in [5.41, 5.74) is 1.03. The molecular formula is C12H18N4O. The second-order valence-electron chi connectivity index (χ2n) is 4.69. The van der Waals surface area contributed by atoms with Gasteiger partial charge in [-0.3, -0.25) is 0 Å². The number of nitrogens with one attached hydrogen (secondary N) is 1. The van der Waals surface area contributed by atoms with Crippen molar-refractivity contribution < 1.29 is 4.74 Å². The van der Waals surface area contributed by atoms with E-state index in [2.05, 4.69) is 26.3 Å². The summed E-state index contributed by atoms with van der Waals surface area (Å²) in [4.78, 5) is 10.9. The maximum absolute atomic E-state index is 5.65. The summed E-state index contributed by atoms with van der Waals surface area (Å²) in [5, 5.41) is 3.26. The van der Waals surface area contributed by atoms with Crippen LogP contribution in [0.1, 0.15) is 24.6 Å². The normalized spacial score (nSPS) is 25.0. The molecule has 3 rings (SSSR count). The Kier molecular flexibility index (Phi) is 2.94. The van der Waals surface area contributed by atoms with Crippen LogP contribution >= 0.6 is 0 Å². The van der Waals surface area contributed by atoms with E-state index in [1.807, 2.05) is 7.05 Å². The van der Waals surface area contributed by atoms with Gasteiger partial charge in [0.1, 0.15) is 12.1 Å². The van der Waals surface area contributed by atoms with Gasteiger partial charge in [-0.25, -0.2) is 9.97 Å². The maximum Gasteiger partial charge on any atom is 0.132 e. The minimum absolute atomic E-state index is 0.179. The van der Waals surface area contributed by atoms with E-state index in [1.165, 1.54) is 0 Å². The number of nitrogens with zero attached hydrogens (tertiary/aromatic N) is 3. The number of anilines is 1. The van der Waals surface area contributed by atoms with E-state index in [-0.39, 0.29) is 6.10 Å². The zero-order chi connectivity index (χ0) is 11.7. The quantitative estimate of drug-likeness (QED) is 0.836. The number of hydrogen-bond donors (Lipinski definition) is 1.